The van der Waals surface area contributed by atoms with Gasteiger partial charge in [0.05, 0.1) is 24.3 Å². The summed E-state index contributed by atoms with van der Waals surface area (Å²) in [6, 6.07) is 8.25. The molecule has 2 aromatic rings. The van der Waals surface area contributed by atoms with Crippen LogP contribution in [0.25, 0.3) is 11.3 Å². The predicted octanol–water partition coefficient (Wildman–Crippen LogP) is 2.98. The molecule has 1 N–H and O–H groups in total. The number of carbonyl (C=O) groups excluding carboxylic acids is 1. The number of nitrogens with zero attached hydrogens (tertiary/aromatic N) is 2. The lowest BCUT2D eigenvalue weighted by molar-refractivity contribution is 0.0523. The Hall–Kier alpha value is -2.30. The normalized spacial score (nSPS) is 16.2. The second kappa shape index (κ2) is 4.91. The van der Waals surface area contributed by atoms with Crippen LogP contribution in [0.15, 0.2) is 36.8 Å². The molecule has 0 radical (unpaired) electrons. The Morgan fingerprint density at radius 3 is 2.90 bits per heavy atom. The van der Waals surface area contributed by atoms with Gasteiger partial charge in [-0.1, -0.05) is 24.3 Å². The summed E-state index contributed by atoms with van der Waals surface area (Å²) < 4.78 is 7.37. The van der Waals surface area contributed by atoms with E-state index in [1.165, 1.54) is 11.1 Å². The molecule has 0 saturated heterocycles. The molecule has 110 valence electrons. The Kier molecular flexibility index (Phi) is 3.20. The molecular weight excluding hydrogens is 266 g/mol. The monoisotopic (exact) mass is 285 g/mol. The fourth-order valence-electron chi connectivity index (χ4n) is 2.63. The average molecular weight is 285 g/mol. The topological polar surface area (TPSA) is 56.1 Å². The van der Waals surface area contributed by atoms with Gasteiger partial charge in [0.1, 0.15) is 5.60 Å². The van der Waals surface area contributed by atoms with Gasteiger partial charge in [0, 0.05) is 12.1 Å². The van der Waals surface area contributed by atoms with Crippen molar-refractivity contribution in [1.82, 2.24) is 14.9 Å². The van der Waals surface area contributed by atoms with Gasteiger partial charge in [-0.2, -0.15) is 0 Å². The SMILES string of the molecule is CC(C)(C)OC(=O)NCC1c2ccccc2-c2cncn21. The molecular formula is C16H19N3O2. The summed E-state index contributed by atoms with van der Waals surface area (Å²) in [5.74, 6) is 0. The Bertz CT molecular complexity index is 670. The van der Waals surface area contributed by atoms with Crippen molar-refractivity contribution in [2.75, 3.05) is 6.54 Å². The molecule has 1 aromatic heterocycles. The molecule has 0 aliphatic carbocycles. The molecule has 0 bridgehead atoms. The third-order valence-corrected chi connectivity index (χ3v) is 3.44. The van der Waals surface area contributed by atoms with E-state index in [-0.39, 0.29) is 6.04 Å². The average Bonchev–Trinajstić information content (AvgIpc) is 2.95. The van der Waals surface area contributed by atoms with E-state index in [1.807, 2.05) is 39.1 Å². The highest BCUT2D eigenvalue weighted by Crippen LogP contribution is 2.38. The molecule has 1 unspecified atom stereocenters. The first-order valence-electron chi connectivity index (χ1n) is 7.04. The Labute approximate surface area is 124 Å². The quantitative estimate of drug-likeness (QED) is 0.923. The van der Waals surface area contributed by atoms with Gasteiger partial charge in [0.25, 0.3) is 0 Å². The molecule has 1 aromatic carbocycles. The maximum atomic E-state index is 11.8. The largest absolute Gasteiger partial charge is 0.444 e. The van der Waals surface area contributed by atoms with Crippen molar-refractivity contribution in [2.24, 2.45) is 0 Å². The van der Waals surface area contributed by atoms with E-state index >= 15 is 0 Å². The summed E-state index contributed by atoms with van der Waals surface area (Å²) in [6.45, 7) is 6.04. The van der Waals surface area contributed by atoms with Crippen LogP contribution < -0.4 is 5.32 Å². The van der Waals surface area contributed by atoms with E-state index in [0.717, 1.165) is 5.69 Å². The Balaban J connectivity index is 1.76. The van der Waals surface area contributed by atoms with Crippen LogP contribution in [0.1, 0.15) is 32.4 Å². The molecule has 5 nitrogen and oxygen atoms in total. The van der Waals surface area contributed by atoms with E-state index < -0.39 is 11.7 Å². The highest BCUT2D eigenvalue weighted by atomic mass is 16.6. The number of imidazole rings is 1. The Morgan fingerprint density at radius 2 is 2.14 bits per heavy atom. The lowest BCUT2D eigenvalue weighted by Crippen LogP contribution is -2.35. The maximum Gasteiger partial charge on any atom is 0.407 e. The number of aromatic nitrogens is 2. The van der Waals surface area contributed by atoms with Crippen LogP contribution in [0.3, 0.4) is 0 Å². The number of hydrogen-bond acceptors (Lipinski definition) is 3. The molecule has 0 saturated carbocycles. The van der Waals surface area contributed by atoms with Crippen molar-refractivity contribution >= 4 is 6.09 Å². The zero-order valence-electron chi connectivity index (χ0n) is 12.5. The van der Waals surface area contributed by atoms with Gasteiger partial charge < -0.3 is 14.6 Å². The second-order valence-electron chi connectivity index (χ2n) is 6.17. The molecule has 1 amide bonds. The lowest BCUT2D eigenvalue weighted by atomic mass is 10.0. The number of carbonyl (C=O) groups is 1. The smallest absolute Gasteiger partial charge is 0.407 e. The first-order valence-corrected chi connectivity index (χ1v) is 7.04. The fourth-order valence-corrected chi connectivity index (χ4v) is 2.63. The van der Waals surface area contributed by atoms with Crippen molar-refractivity contribution < 1.29 is 9.53 Å². The summed E-state index contributed by atoms with van der Waals surface area (Å²) in [5, 5.41) is 2.84. The van der Waals surface area contributed by atoms with E-state index in [0.29, 0.717) is 6.54 Å². The number of fused-ring (bicyclic) bond motifs is 3. The number of ether oxygens (including phenoxy) is 1. The summed E-state index contributed by atoms with van der Waals surface area (Å²) in [4.78, 5) is 16.0. The minimum absolute atomic E-state index is 0.0613. The summed E-state index contributed by atoms with van der Waals surface area (Å²) in [7, 11) is 0. The van der Waals surface area contributed by atoms with Gasteiger partial charge in [-0.15, -0.1) is 0 Å². The third-order valence-electron chi connectivity index (χ3n) is 3.44. The van der Waals surface area contributed by atoms with Crippen LogP contribution in [0, 0.1) is 0 Å². The molecule has 0 fully saturated rings. The van der Waals surface area contributed by atoms with Crippen LogP contribution in [0.5, 0.6) is 0 Å². The maximum absolute atomic E-state index is 11.8. The van der Waals surface area contributed by atoms with Crippen LogP contribution >= 0.6 is 0 Å². The van der Waals surface area contributed by atoms with E-state index in [9.17, 15) is 4.79 Å². The van der Waals surface area contributed by atoms with Crippen LogP contribution in [0.2, 0.25) is 0 Å². The number of alkyl carbamates (subject to hydrolysis) is 1. The first-order chi connectivity index (χ1) is 9.96. The van der Waals surface area contributed by atoms with Crippen LogP contribution in [-0.4, -0.2) is 27.8 Å². The molecule has 3 rings (SSSR count). The number of benzene rings is 1. The molecule has 1 atom stereocenters. The van der Waals surface area contributed by atoms with E-state index in [2.05, 4.69) is 27.0 Å². The zero-order valence-corrected chi connectivity index (χ0v) is 12.5. The molecule has 2 heterocycles. The molecule has 1 aliphatic heterocycles. The lowest BCUT2D eigenvalue weighted by Gasteiger charge is -2.21. The van der Waals surface area contributed by atoms with Crippen LogP contribution in [-0.2, 0) is 4.74 Å². The van der Waals surface area contributed by atoms with Crippen molar-refractivity contribution in [2.45, 2.75) is 32.4 Å². The third kappa shape index (κ3) is 2.63. The molecule has 5 heteroatoms. The van der Waals surface area contributed by atoms with Crippen molar-refractivity contribution in [3.8, 4) is 11.3 Å². The van der Waals surface area contributed by atoms with Gasteiger partial charge in [0.2, 0.25) is 0 Å². The minimum atomic E-state index is -0.488. The van der Waals surface area contributed by atoms with Gasteiger partial charge in [0.15, 0.2) is 0 Å². The molecule has 1 aliphatic rings. The number of nitrogens with one attached hydrogen (secondary N) is 1. The first kappa shape index (κ1) is 13.7. The Morgan fingerprint density at radius 1 is 1.38 bits per heavy atom. The number of rotatable bonds is 2. The zero-order chi connectivity index (χ0) is 15.0. The summed E-state index contributed by atoms with van der Waals surface area (Å²) in [5.41, 5.74) is 2.97. The van der Waals surface area contributed by atoms with Crippen molar-refractivity contribution in [3.63, 3.8) is 0 Å². The van der Waals surface area contributed by atoms with Crippen molar-refractivity contribution in [3.05, 3.63) is 42.4 Å². The number of amides is 1. The minimum Gasteiger partial charge on any atom is -0.444 e. The highest BCUT2D eigenvalue weighted by molar-refractivity contribution is 5.70. The summed E-state index contributed by atoms with van der Waals surface area (Å²) >= 11 is 0. The summed E-state index contributed by atoms with van der Waals surface area (Å²) in [6.07, 6.45) is 3.26. The van der Waals surface area contributed by atoms with Crippen LogP contribution in [0.4, 0.5) is 4.79 Å². The molecule has 0 spiro atoms. The highest BCUT2D eigenvalue weighted by Gasteiger charge is 2.28. The van der Waals surface area contributed by atoms with Crippen molar-refractivity contribution in [1.29, 1.82) is 0 Å². The van der Waals surface area contributed by atoms with Gasteiger partial charge in [-0.25, -0.2) is 9.78 Å². The molecule has 21 heavy (non-hydrogen) atoms. The van der Waals surface area contributed by atoms with Gasteiger partial charge in [-0.05, 0) is 26.3 Å². The fraction of sp³-hybridized carbons (Fsp3) is 0.375. The van der Waals surface area contributed by atoms with E-state index in [4.69, 9.17) is 4.74 Å². The second-order valence-corrected chi connectivity index (χ2v) is 6.17. The van der Waals surface area contributed by atoms with Gasteiger partial charge >= 0.3 is 6.09 Å². The van der Waals surface area contributed by atoms with Gasteiger partial charge in [-0.3, -0.25) is 0 Å². The van der Waals surface area contributed by atoms with E-state index in [1.54, 1.807) is 6.33 Å². The predicted molar refractivity (Wildman–Crippen MR) is 80.0 cm³/mol. The number of hydrogen-bond donors (Lipinski definition) is 1. The standard InChI is InChI=1S/C16H19N3O2/c1-16(2,3)21-15(20)18-9-14-12-7-5-4-6-11(12)13-8-17-10-19(13)14/h4-8,10,14H,9H2,1-3H3,(H,18,20).